The lowest BCUT2D eigenvalue weighted by Gasteiger charge is -2.31. The van der Waals surface area contributed by atoms with Gasteiger partial charge >= 0.3 is 5.97 Å². The number of benzene rings is 1. The quantitative estimate of drug-likeness (QED) is 0.777. The fraction of sp³-hybridized carbons (Fsp3) is 0.455. The molecular weight excluding hydrogens is 382 g/mol. The van der Waals surface area contributed by atoms with Gasteiger partial charge in [-0.15, -0.1) is 0 Å². The third kappa shape index (κ3) is 3.81. The van der Waals surface area contributed by atoms with Crippen molar-refractivity contribution in [1.29, 1.82) is 0 Å². The summed E-state index contributed by atoms with van der Waals surface area (Å²) >= 11 is 0. The SMILES string of the molecule is CCC1CN(C2CCCC2)c2nc(Nc3ccc(C(=O)O)cc3)ncc2N(C)C1=O. The third-order valence-electron chi connectivity index (χ3n) is 6.13. The lowest BCUT2D eigenvalue weighted by molar-refractivity contribution is -0.121. The zero-order chi connectivity index (χ0) is 21.3. The Bertz CT molecular complexity index is 940. The van der Waals surface area contributed by atoms with Crippen LogP contribution in [0.4, 0.5) is 23.1 Å². The van der Waals surface area contributed by atoms with Gasteiger partial charge in [0.1, 0.15) is 5.69 Å². The second-order valence-corrected chi connectivity index (χ2v) is 8.00. The van der Waals surface area contributed by atoms with Gasteiger partial charge in [-0.25, -0.2) is 9.78 Å². The Morgan fingerprint density at radius 3 is 2.57 bits per heavy atom. The van der Waals surface area contributed by atoms with Gasteiger partial charge in [-0.1, -0.05) is 19.8 Å². The number of aromatic nitrogens is 2. The minimum Gasteiger partial charge on any atom is -0.478 e. The molecule has 2 N–H and O–H groups in total. The van der Waals surface area contributed by atoms with Crippen molar-refractivity contribution >= 4 is 35.0 Å². The number of amides is 1. The molecule has 1 aliphatic heterocycles. The maximum Gasteiger partial charge on any atom is 0.335 e. The molecule has 1 aromatic heterocycles. The molecule has 2 aromatic rings. The van der Waals surface area contributed by atoms with E-state index in [0.29, 0.717) is 24.2 Å². The number of nitrogens with one attached hydrogen (secondary N) is 1. The van der Waals surface area contributed by atoms with Crippen LogP contribution in [0.1, 0.15) is 49.4 Å². The first-order chi connectivity index (χ1) is 14.5. The average molecular weight is 409 g/mol. The zero-order valence-corrected chi connectivity index (χ0v) is 17.3. The minimum atomic E-state index is -0.965. The van der Waals surface area contributed by atoms with Crippen molar-refractivity contribution in [2.24, 2.45) is 5.92 Å². The standard InChI is InChI=1S/C22H27N5O3/c1-3-14-13-27(17-6-4-5-7-17)19-18(26(2)20(14)28)12-23-22(25-19)24-16-10-8-15(9-11-16)21(29)30/h8-12,14,17H,3-7,13H2,1-2H3,(H,29,30)(H,23,24,25). The number of nitrogens with zero attached hydrogens (tertiary/aromatic N) is 4. The second-order valence-electron chi connectivity index (χ2n) is 8.00. The Morgan fingerprint density at radius 2 is 1.93 bits per heavy atom. The summed E-state index contributed by atoms with van der Waals surface area (Å²) in [4.78, 5) is 37.2. The molecule has 0 radical (unpaired) electrons. The van der Waals surface area contributed by atoms with Crippen molar-refractivity contribution in [3.8, 4) is 0 Å². The highest BCUT2D eigenvalue weighted by Crippen LogP contribution is 2.37. The van der Waals surface area contributed by atoms with E-state index in [0.717, 1.165) is 30.8 Å². The van der Waals surface area contributed by atoms with E-state index in [1.807, 2.05) is 0 Å². The van der Waals surface area contributed by atoms with Gasteiger partial charge in [0.2, 0.25) is 11.9 Å². The Hall–Kier alpha value is -3.16. The number of carboxylic acids is 1. The molecule has 1 atom stereocenters. The van der Waals surface area contributed by atoms with E-state index < -0.39 is 5.97 Å². The number of hydrogen-bond acceptors (Lipinski definition) is 6. The summed E-state index contributed by atoms with van der Waals surface area (Å²) in [6.07, 6.45) is 7.10. The van der Waals surface area contributed by atoms with Gasteiger partial charge in [-0.3, -0.25) is 4.79 Å². The molecule has 4 rings (SSSR count). The lowest BCUT2D eigenvalue weighted by atomic mass is 10.0. The Morgan fingerprint density at radius 1 is 1.23 bits per heavy atom. The summed E-state index contributed by atoms with van der Waals surface area (Å²) < 4.78 is 0. The molecule has 0 bridgehead atoms. The molecule has 2 aliphatic rings. The highest BCUT2D eigenvalue weighted by Gasteiger charge is 2.36. The topological polar surface area (TPSA) is 98.7 Å². The fourth-order valence-corrected chi connectivity index (χ4v) is 4.34. The molecule has 1 amide bonds. The third-order valence-corrected chi connectivity index (χ3v) is 6.13. The maximum absolute atomic E-state index is 12.9. The first-order valence-electron chi connectivity index (χ1n) is 10.5. The molecule has 30 heavy (non-hydrogen) atoms. The van der Waals surface area contributed by atoms with Gasteiger partial charge < -0.3 is 20.2 Å². The van der Waals surface area contributed by atoms with Crippen LogP contribution in [0.5, 0.6) is 0 Å². The fourth-order valence-electron chi connectivity index (χ4n) is 4.34. The number of aromatic carboxylic acids is 1. The van der Waals surface area contributed by atoms with Crippen LogP contribution in [0.3, 0.4) is 0 Å². The van der Waals surface area contributed by atoms with Crippen molar-refractivity contribution in [2.75, 3.05) is 28.7 Å². The smallest absolute Gasteiger partial charge is 0.335 e. The summed E-state index contributed by atoms with van der Waals surface area (Å²) in [5, 5.41) is 12.2. The van der Waals surface area contributed by atoms with Crippen molar-refractivity contribution in [1.82, 2.24) is 9.97 Å². The molecule has 158 valence electrons. The first kappa shape index (κ1) is 20.1. The molecule has 1 unspecified atom stereocenters. The number of carbonyl (C=O) groups excluding carboxylic acids is 1. The maximum atomic E-state index is 12.9. The Labute approximate surface area is 175 Å². The van der Waals surface area contributed by atoms with E-state index >= 15 is 0 Å². The van der Waals surface area contributed by atoms with E-state index in [9.17, 15) is 9.59 Å². The molecule has 8 heteroatoms. The summed E-state index contributed by atoms with van der Waals surface area (Å²) in [5.74, 6) is 0.287. The van der Waals surface area contributed by atoms with Crippen LogP contribution in [0.15, 0.2) is 30.5 Å². The second kappa shape index (κ2) is 8.30. The normalized spacial score (nSPS) is 19.5. The van der Waals surface area contributed by atoms with E-state index in [4.69, 9.17) is 10.1 Å². The van der Waals surface area contributed by atoms with Crippen molar-refractivity contribution in [3.63, 3.8) is 0 Å². The molecule has 1 fully saturated rings. The van der Waals surface area contributed by atoms with Crippen LogP contribution in [0.2, 0.25) is 0 Å². The molecule has 0 spiro atoms. The lowest BCUT2D eigenvalue weighted by Crippen LogP contribution is -2.39. The number of rotatable bonds is 5. The van der Waals surface area contributed by atoms with Crippen LogP contribution in [-0.4, -0.2) is 46.6 Å². The van der Waals surface area contributed by atoms with Gasteiger partial charge in [-0.2, -0.15) is 4.98 Å². The highest BCUT2D eigenvalue weighted by molar-refractivity contribution is 5.99. The summed E-state index contributed by atoms with van der Waals surface area (Å²) in [6, 6.07) is 6.84. The first-order valence-corrected chi connectivity index (χ1v) is 10.5. The number of carboxylic acid groups (broad SMARTS) is 1. The van der Waals surface area contributed by atoms with Gasteiger partial charge in [-0.05, 0) is 43.5 Å². The van der Waals surface area contributed by atoms with Gasteiger partial charge in [0.25, 0.3) is 0 Å². The van der Waals surface area contributed by atoms with Crippen molar-refractivity contribution in [2.45, 2.75) is 45.1 Å². The minimum absolute atomic E-state index is 0.0650. The van der Waals surface area contributed by atoms with Crippen molar-refractivity contribution < 1.29 is 14.7 Å². The predicted molar refractivity (Wildman–Crippen MR) is 116 cm³/mol. The van der Waals surface area contributed by atoms with Crippen LogP contribution < -0.4 is 15.1 Å². The predicted octanol–water partition coefficient (Wildman–Crippen LogP) is 3.67. The molecule has 8 nitrogen and oxygen atoms in total. The molecule has 1 saturated carbocycles. The van der Waals surface area contributed by atoms with Gasteiger partial charge in [0.15, 0.2) is 5.82 Å². The Kier molecular flexibility index (Phi) is 5.57. The monoisotopic (exact) mass is 409 g/mol. The van der Waals surface area contributed by atoms with Gasteiger partial charge in [0.05, 0.1) is 17.7 Å². The number of carbonyl (C=O) groups is 2. The molecular formula is C22H27N5O3. The van der Waals surface area contributed by atoms with Crippen LogP contribution >= 0.6 is 0 Å². The number of fused-ring (bicyclic) bond motifs is 1. The average Bonchev–Trinajstić information content (AvgIpc) is 3.25. The largest absolute Gasteiger partial charge is 0.478 e. The van der Waals surface area contributed by atoms with Crippen LogP contribution in [-0.2, 0) is 4.79 Å². The highest BCUT2D eigenvalue weighted by atomic mass is 16.4. The molecule has 1 aliphatic carbocycles. The van der Waals surface area contributed by atoms with Crippen LogP contribution in [0.25, 0.3) is 0 Å². The summed E-state index contributed by atoms with van der Waals surface area (Å²) in [7, 11) is 1.79. The Balaban J connectivity index is 1.68. The molecule has 0 saturated heterocycles. The van der Waals surface area contributed by atoms with Crippen LogP contribution in [0, 0.1) is 5.92 Å². The number of anilines is 4. The zero-order valence-electron chi connectivity index (χ0n) is 17.3. The van der Waals surface area contributed by atoms with Gasteiger partial charge in [0, 0.05) is 25.3 Å². The van der Waals surface area contributed by atoms with E-state index in [1.54, 1.807) is 30.3 Å². The number of hydrogen-bond donors (Lipinski definition) is 2. The summed E-state index contributed by atoms with van der Waals surface area (Å²) in [6.45, 7) is 2.72. The van der Waals surface area contributed by atoms with Crippen molar-refractivity contribution in [3.05, 3.63) is 36.0 Å². The molecule has 2 heterocycles. The van der Waals surface area contributed by atoms with E-state index in [-0.39, 0.29) is 17.4 Å². The summed E-state index contributed by atoms with van der Waals surface area (Å²) in [5.41, 5.74) is 1.66. The van der Waals surface area contributed by atoms with E-state index in [1.165, 1.54) is 25.0 Å². The molecule has 1 aromatic carbocycles. The van der Waals surface area contributed by atoms with E-state index in [2.05, 4.69) is 22.1 Å².